The van der Waals surface area contributed by atoms with Crippen LogP contribution in [0.5, 0.6) is 0 Å². The van der Waals surface area contributed by atoms with Crippen molar-refractivity contribution in [1.82, 2.24) is 14.5 Å². The summed E-state index contributed by atoms with van der Waals surface area (Å²) in [7, 11) is 3.22. The third-order valence-corrected chi connectivity index (χ3v) is 2.73. The second kappa shape index (κ2) is 3.09. The first-order valence-corrected chi connectivity index (χ1v) is 4.61. The molecule has 0 bridgehead atoms. The summed E-state index contributed by atoms with van der Waals surface area (Å²) in [6, 6.07) is 0. The van der Waals surface area contributed by atoms with Crippen LogP contribution in [0.1, 0.15) is 11.3 Å². The van der Waals surface area contributed by atoms with E-state index < -0.39 is 0 Å². The van der Waals surface area contributed by atoms with E-state index in [4.69, 9.17) is 0 Å². The van der Waals surface area contributed by atoms with Gasteiger partial charge in [0.1, 0.15) is 0 Å². The molecule has 1 aromatic heterocycles. The highest BCUT2D eigenvalue weighted by Crippen LogP contribution is 2.05. The van der Waals surface area contributed by atoms with Gasteiger partial charge in [0.25, 0.3) is 5.56 Å². The van der Waals surface area contributed by atoms with Gasteiger partial charge in [-0.3, -0.25) is 13.9 Å². The predicted octanol–water partition coefficient (Wildman–Crippen LogP) is -1.27. The van der Waals surface area contributed by atoms with Crippen LogP contribution in [0.3, 0.4) is 0 Å². The summed E-state index contributed by atoms with van der Waals surface area (Å²) in [4.78, 5) is 23.3. The molecule has 1 aromatic rings. The molecule has 0 fully saturated rings. The number of fused-ring (bicyclic) bond motifs is 1. The molecule has 1 aliphatic rings. The zero-order valence-electron chi connectivity index (χ0n) is 8.33. The molecule has 0 amide bonds. The fraction of sp³-hybridized carbons (Fsp3) is 0.556. The van der Waals surface area contributed by atoms with Gasteiger partial charge in [0.15, 0.2) is 0 Å². The normalized spacial score (nSPS) is 15.3. The molecule has 1 N–H and O–H groups in total. The summed E-state index contributed by atoms with van der Waals surface area (Å²) in [5.41, 5.74) is 1.19. The van der Waals surface area contributed by atoms with E-state index in [0.717, 1.165) is 17.8 Å². The lowest BCUT2D eigenvalue weighted by atomic mass is 10.1. The van der Waals surface area contributed by atoms with E-state index in [1.807, 2.05) is 0 Å². The molecule has 2 heterocycles. The number of nitrogens with zero attached hydrogens (tertiary/aromatic N) is 2. The number of hydrogen-bond donors (Lipinski definition) is 1. The van der Waals surface area contributed by atoms with Crippen LogP contribution >= 0.6 is 0 Å². The molecule has 0 aliphatic carbocycles. The van der Waals surface area contributed by atoms with Crippen molar-refractivity contribution >= 4 is 0 Å². The van der Waals surface area contributed by atoms with Crippen molar-refractivity contribution in [2.75, 3.05) is 6.54 Å². The van der Waals surface area contributed by atoms with Gasteiger partial charge >= 0.3 is 5.69 Å². The summed E-state index contributed by atoms with van der Waals surface area (Å²) < 4.78 is 2.72. The maximum absolute atomic E-state index is 11.7. The Labute approximate surface area is 81.0 Å². The van der Waals surface area contributed by atoms with E-state index in [-0.39, 0.29) is 11.2 Å². The Morgan fingerprint density at radius 3 is 2.64 bits per heavy atom. The van der Waals surface area contributed by atoms with Crippen LogP contribution in [0.2, 0.25) is 0 Å². The second-order valence-corrected chi connectivity index (χ2v) is 3.56. The molecule has 0 saturated carbocycles. The molecule has 0 spiro atoms. The average molecular weight is 195 g/mol. The van der Waals surface area contributed by atoms with Crippen LogP contribution in [0, 0.1) is 0 Å². The Balaban J connectivity index is 2.85. The number of hydrogen-bond acceptors (Lipinski definition) is 3. The molecular weight excluding hydrogens is 182 g/mol. The maximum atomic E-state index is 11.7. The van der Waals surface area contributed by atoms with E-state index in [1.165, 1.54) is 11.6 Å². The largest absolute Gasteiger partial charge is 0.330 e. The van der Waals surface area contributed by atoms with Crippen molar-refractivity contribution in [2.45, 2.75) is 13.0 Å². The molecule has 0 saturated heterocycles. The lowest BCUT2D eigenvalue weighted by molar-refractivity contribution is 0.549. The summed E-state index contributed by atoms with van der Waals surface area (Å²) in [5, 5.41) is 3.15. The van der Waals surface area contributed by atoms with E-state index >= 15 is 0 Å². The quantitative estimate of drug-likeness (QED) is 0.561. The molecule has 5 heteroatoms. The van der Waals surface area contributed by atoms with E-state index in [2.05, 4.69) is 5.32 Å². The van der Waals surface area contributed by atoms with Gasteiger partial charge in [0, 0.05) is 31.9 Å². The van der Waals surface area contributed by atoms with Crippen molar-refractivity contribution in [3.05, 3.63) is 32.1 Å². The predicted molar refractivity (Wildman–Crippen MR) is 52.3 cm³/mol. The average Bonchev–Trinajstić information content (AvgIpc) is 2.23. The number of aromatic nitrogens is 2. The first kappa shape index (κ1) is 9.21. The van der Waals surface area contributed by atoms with Crippen molar-refractivity contribution in [1.29, 1.82) is 0 Å². The Morgan fingerprint density at radius 2 is 1.93 bits per heavy atom. The standard InChI is InChI=1S/C9H13N3O2/c1-11-7-5-10-4-3-6(7)8(13)12(2)9(11)14/h10H,3-5H2,1-2H3. The molecule has 0 unspecified atom stereocenters. The molecule has 5 nitrogen and oxygen atoms in total. The van der Waals surface area contributed by atoms with Crippen LogP contribution in [-0.2, 0) is 27.1 Å². The van der Waals surface area contributed by atoms with Crippen molar-refractivity contribution in [3.63, 3.8) is 0 Å². The van der Waals surface area contributed by atoms with Crippen LogP contribution in [0.15, 0.2) is 9.59 Å². The third-order valence-electron chi connectivity index (χ3n) is 2.73. The lowest BCUT2D eigenvalue weighted by Gasteiger charge is -2.19. The minimum absolute atomic E-state index is 0.149. The Bertz CT molecular complexity index is 484. The van der Waals surface area contributed by atoms with Crippen LogP contribution < -0.4 is 16.6 Å². The topological polar surface area (TPSA) is 56.0 Å². The van der Waals surface area contributed by atoms with Crippen LogP contribution in [0.25, 0.3) is 0 Å². The first-order chi connectivity index (χ1) is 6.63. The monoisotopic (exact) mass is 195 g/mol. The molecule has 0 atom stereocenters. The Kier molecular flexibility index (Phi) is 2.03. The second-order valence-electron chi connectivity index (χ2n) is 3.56. The van der Waals surface area contributed by atoms with Gasteiger partial charge in [-0.15, -0.1) is 0 Å². The Hall–Kier alpha value is -1.36. The zero-order chi connectivity index (χ0) is 10.3. The number of nitrogens with one attached hydrogen (secondary N) is 1. The van der Waals surface area contributed by atoms with Crippen molar-refractivity contribution < 1.29 is 0 Å². The van der Waals surface area contributed by atoms with E-state index in [9.17, 15) is 9.59 Å². The van der Waals surface area contributed by atoms with Gasteiger partial charge < -0.3 is 5.32 Å². The Morgan fingerprint density at radius 1 is 1.21 bits per heavy atom. The van der Waals surface area contributed by atoms with Gasteiger partial charge in [-0.05, 0) is 13.0 Å². The van der Waals surface area contributed by atoms with Crippen molar-refractivity contribution in [3.8, 4) is 0 Å². The molecular formula is C9H13N3O2. The minimum Gasteiger partial charge on any atom is -0.311 e. The molecule has 76 valence electrons. The lowest BCUT2D eigenvalue weighted by Crippen LogP contribution is -2.44. The first-order valence-electron chi connectivity index (χ1n) is 4.61. The highest BCUT2D eigenvalue weighted by molar-refractivity contribution is 5.20. The third kappa shape index (κ3) is 1.13. The molecule has 1 aliphatic heterocycles. The van der Waals surface area contributed by atoms with Gasteiger partial charge in [0.2, 0.25) is 0 Å². The molecule has 0 radical (unpaired) electrons. The summed E-state index contributed by atoms with van der Waals surface area (Å²) in [6.45, 7) is 1.41. The number of rotatable bonds is 0. The summed E-state index contributed by atoms with van der Waals surface area (Å²) in [5.74, 6) is 0. The van der Waals surface area contributed by atoms with Crippen molar-refractivity contribution in [2.24, 2.45) is 14.1 Å². The fourth-order valence-corrected chi connectivity index (χ4v) is 1.85. The molecule has 0 aromatic carbocycles. The highest BCUT2D eigenvalue weighted by atomic mass is 16.2. The smallest absolute Gasteiger partial charge is 0.311 e. The SMILES string of the molecule is Cn1c2c(c(=O)n(C)c1=O)CCNC2. The van der Waals surface area contributed by atoms with Gasteiger partial charge in [0.05, 0.1) is 0 Å². The minimum atomic E-state index is -0.252. The van der Waals surface area contributed by atoms with E-state index in [1.54, 1.807) is 11.6 Å². The van der Waals surface area contributed by atoms with Crippen LogP contribution in [0.4, 0.5) is 0 Å². The molecule has 2 rings (SSSR count). The molecule has 14 heavy (non-hydrogen) atoms. The summed E-state index contributed by atoms with van der Waals surface area (Å²) >= 11 is 0. The maximum Gasteiger partial charge on any atom is 0.330 e. The fourth-order valence-electron chi connectivity index (χ4n) is 1.85. The van der Waals surface area contributed by atoms with Crippen LogP contribution in [-0.4, -0.2) is 15.7 Å². The summed E-state index contributed by atoms with van der Waals surface area (Å²) in [6.07, 6.45) is 0.704. The zero-order valence-corrected chi connectivity index (χ0v) is 8.33. The van der Waals surface area contributed by atoms with E-state index in [0.29, 0.717) is 13.0 Å². The van der Waals surface area contributed by atoms with Gasteiger partial charge in [-0.25, -0.2) is 4.79 Å². The highest BCUT2D eigenvalue weighted by Gasteiger charge is 2.17. The van der Waals surface area contributed by atoms with Gasteiger partial charge in [-0.2, -0.15) is 0 Å². The van der Waals surface area contributed by atoms with Gasteiger partial charge in [-0.1, -0.05) is 0 Å².